The van der Waals surface area contributed by atoms with Gasteiger partial charge in [0.1, 0.15) is 0 Å². The molecule has 9 heteroatoms. The molecule has 8 nitrogen and oxygen atoms in total. The smallest absolute Gasteiger partial charge is 0.327 e. The summed E-state index contributed by atoms with van der Waals surface area (Å²) in [6, 6.07) is 0. The van der Waals surface area contributed by atoms with Crippen molar-refractivity contribution >= 4 is 15.0 Å². The van der Waals surface area contributed by atoms with Gasteiger partial charge in [-0.25, -0.2) is 5.06 Å². The molecule has 0 saturated heterocycles. The summed E-state index contributed by atoms with van der Waals surface area (Å²) in [5.74, 6) is 0. The SMILES string of the molecule is O=CN(O)C[C@H](O)C[C@H](O)COP(O)O. The first kappa shape index (κ1) is 14.7. The van der Waals surface area contributed by atoms with E-state index in [0.717, 1.165) is 0 Å². The Morgan fingerprint density at radius 3 is 2.40 bits per heavy atom. The van der Waals surface area contributed by atoms with E-state index in [4.69, 9.17) is 20.1 Å². The van der Waals surface area contributed by atoms with Crippen LogP contribution in [0.25, 0.3) is 0 Å². The van der Waals surface area contributed by atoms with Crippen LogP contribution in [0.4, 0.5) is 0 Å². The zero-order valence-corrected chi connectivity index (χ0v) is 8.69. The second-order valence-electron chi connectivity index (χ2n) is 2.82. The van der Waals surface area contributed by atoms with Gasteiger partial charge in [-0.3, -0.25) is 10.0 Å². The topological polar surface area (TPSA) is 131 Å². The first-order valence-corrected chi connectivity index (χ1v) is 5.20. The molecule has 0 spiro atoms. The molecule has 0 heterocycles. The normalized spacial score (nSPS) is 15.1. The predicted octanol–water partition coefficient (Wildman–Crippen LogP) is -1.83. The van der Waals surface area contributed by atoms with Crippen LogP contribution in [0, 0.1) is 0 Å². The van der Waals surface area contributed by atoms with Gasteiger partial charge in [-0.2, -0.15) is 0 Å². The Bertz CT molecular complexity index is 181. The summed E-state index contributed by atoms with van der Waals surface area (Å²) in [6.07, 6.45) is -2.27. The lowest BCUT2D eigenvalue weighted by molar-refractivity contribution is -0.156. The fraction of sp³-hybridized carbons (Fsp3) is 0.833. The molecule has 1 amide bonds. The number of carbonyl (C=O) groups is 1. The van der Waals surface area contributed by atoms with Gasteiger partial charge in [0, 0.05) is 6.42 Å². The predicted molar refractivity (Wildman–Crippen MR) is 48.5 cm³/mol. The number of nitrogens with zero attached hydrogens (tertiary/aromatic N) is 1. The Labute approximate surface area is 87.3 Å². The fourth-order valence-corrected chi connectivity index (χ4v) is 1.17. The molecule has 0 bridgehead atoms. The molecule has 15 heavy (non-hydrogen) atoms. The van der Waals surface area contributed by atoms with Gasteiger partial charge in [-0.05, 0) is 0 Å². The maximum Gasteiger partial charge on any atom is 0.327 e. The Balaban J connectivity index is 3.65. The summed E-state index contributed by atoms with van der Waals surface area (Å²) >= 11 is 0. The lowest BCUT2D eigenvalue weighted by atomic mass is 10.1. The van der Waals surface area contributed by atoms with Gasteiger partial charge >= 0.3 is 8.60 Å². The van der Waals surface area contributed by atoms with Crippen LogP contribution in [0.15, 0.2) is 0 Å². The molecule has 0 aromatic rings. The molecule has 0 aromatic heterocycles. The Morgan fingerprint density at radius 2 is 1.93 bits per heavy atom. The van der Waals surface area contributed by atoms with E-state index in [9.17, 15) is 9.90 Å². The van der Waals surface area contributed by atoms with E-state index in [2.05, 4.69) is 4.52 Å². The largest absolute Gasteiger partial charge is 0.391 e. The van der Waals surface area contributed by atoms with Crippen molar-refractivity contribution in [2.45, 2.75) is 18.6 Å². The van der Waals surface area contributed by atoms with Crippen molar-refractivity contribution in [1.29, 1.82) is 0 Å². The van der Waals surface area contributed by atoms with Gasteiger partial charge in [0.15, 0.2) is 0 Å². The second-order valence-corrected chi connectivity index (χ2v) is 3.58. The van der Waals surface area contributed by atoms with Crippen LogP contribution in [0.3, 0.4) is 0 Å². The molecular formula is C6H14NO7P. The highest BCUT2D eigenvalue weighted by atomic mass is 31.2. The van der Waals surface area contributed by atoms with Gasteiger partial charge in [0.2, 0.25) is 6.41 Å². The van der Waals surface area contributed by atoms with Gasteiger partial charge in [0.25, 0.3) is 0 Å². The number of hydrogen-bond donors (Lipinski definition) is 5. The summed E-state index contributed by atoms with van der Waals surface area (Å²) in [6.45, 7) is -0.685. The third-order valence-corrected chi connectivity index (χ3v) is 1.83. The van der Waals surface area contributed by atoms with Crippen molar-refractivity contribution in [3.05, 3.63) is 0 Å². The van der Waals surface area contributed by atoms with Crippen molar-refractivity contribution in [3.63, 3.8) is 0 Å². The van der Waals surface area contributed by atoms with Crippen LogP contribution in [0.1, 0.15) is 6.42 Å². The standard InChI is InChI=1S/C6H14NO7P/c8-4-7(11)2-5(9)1-6(10)3-14-15(12)13/h4-6,9-13H,1-3H2/t5-,6+/m1/s1. The minimum Gasteiger partial charge on any atom is -0.391 e. The highest BCUT2D eigenvalue weighted by molar-refractivity contribution is 7.39. The van der Waals surface area contributed by atoms with Crippen molar-refractivity contribution in [2.75, 3.05) is 13.2 Å². The third-order valence-electron chi connectivity index (χ3n) is 1.45. The number of hydroxylamine groups is 2. The molecule has 0 fully saturated rings. The summed E-state index contributed by atoms with van der Waals surface area (Å²) < 4.78 is 4.30. The van der Waals surface area contributed by atoms with Crippen LogP contribution in [0.5, 0.6) is 0 Å². The Morgan fingerprint density at radius 1 is 1.33 bits per heavy atom. The third kappa shape index (κ3) is 8.64. The molecule has 0 radical (unpaired) electrons. The van der Waals surface area contributed by atoms with Gasteiger partial charge in [-0.15, -0.1) is 0 Å². The average molecular weight is 243 g/mol. The van der Waals surface area contributed by atoms with Crippen LogP contribution < -0.4 is 0 Å². The van der Waals surface area contributed by atoms with E-state index < -0.39 is 20.8 Å². The molecule has 0 aliphatic rings. The molecule has 90 valence electrons. The molecule has 0 aromatic carbocycles. The van der Waals surface area contributed by atoms with Crippen molar-refractivity contribution < 1.29 is 34.5 Å². The molecule has 0 unspecified atom stereocenters. The van der Waals surface area contributed by atoms with Crippen LogP contribution in [0.2, 0.25) is 0 Å². The summed E-state index contributed by atoms with van der Waals surface area (Å²) in [4.78, 5) is 26.7. The Hall–Kier alpha value is -0.340. The van der Waals surface area contributed by atoms with Crippen molar-refractivity contribution in [1.82, 2.24) is 5.06 Å². The zero-order valence-electron chi connectivity index (χ0n) is 7.80. The van der Waals surface area contributed by atoms with E-state index in [1.807, 2.05) is 0 Å². The summed E-state index contributed by atoms with van der Waals surface area (Å²) in [5, 5.41) is 27.3. The van der Waals surface area contributed by atoms with E-state index in [1.165, 1.54) is 0 Å². The van der Waals surface area contributed by atoms with E-state index in [-0.39, 0.29) is 31.0 Å². The second kappa shape index (κ2) is 7.89. The quantitative estimate of drug-likeness (QED) is 0.147. The van der Waals surface area contributed by atoms with Crippen molar-refractivity contribution in [2.24, 2.45) is 0 Å². The van der Waals surface area contributed by atoms with E-state index in [0.29, 0.717) is 0 Å². The van der Waals surface area contributed by atoms with E-state index >= 15 is 0 Å². The summed E-state index contributed by atoms with van der Waals surface area (Å²) in [7, 11) is -2.54. The first-order chi connectivity index (χ1) is 6.95. The molecule has 5 N–H and O–H groups in total. The van der Waals surface area contributed by atoms with Gasteiger partial charge in [0.05, 0.1) is 25.4 Å². The van der Waals surface area contributed by atoms with E-state index in [1.54, 1.807) is 0 Å². The summed E-state index contributed by atoms with van der Waals surface area (Å²) in [5.41, 5.74) is 0. The van der Waals surface area contributed by atoms with Crippen LogP contribution >= 0.6 is 8.60 Å². The van der Waals surface area contributed by atoms with Gasteiger partial charge in [-0.1, -0.05) is 0 Å². The fourth-order valence-electron chi connectivity index (χ4n) is 0.868. The highest BCUT2D eigenvalue weighted by Gasteiger charge is 2.15. The number of rotatable bonds is 8. The maximum atomic E-state index is 9.96. The minimum absolute atomic E-state index is 0.118. The average Bonchev–Trinajstić information content (AvgIpc) is 2.14. The molecule has 0 aliphatic carbocycles. The lowest BCUT2D eigenvalue weighted by Crippen LogP contribution is -2.32. The maximum absolute atomic E-state index is 9.96. The zero-order chi connectivity index (χ0) is 11.8. The van der Waals surface area contributed by atoms with Crippen LogP contribution in [-0.2, 0) is 9.32 Å². The number of hydrogen-bond acceptors (Lipinski definition) is 7. The molecule has 0 aliphatic heterocycles. The number of carbonyl (C=O) groups excluding carboxylic acids is 1. The van der Waals surface area contributed by atoms with Gasteiger partial charge < -0.3 is 24.5 Å². The van der Waals surface area contributed by atoms with Crippen molar-refractivity contribution in [3.8, 4) is 0 Å². The number of aliphatic hydroxyl groups excluding tert-OH is 2. The highest BCUT2D eigenvalue weighted by Crippen LogP contribution is 2.24. The molecule has 0 saturated carbocycles. The number of amides is 1. The monoisotopic (exact) mass is 243 g/mol. The molecule has 2 atom stereocenters. The molecule has 0 rings (SSSR count). The Kier molecular flexibility index (Phi) is 7.71. The lowest BCUT2D eigenvalue weighted by Gasteiger charge is -2.17. The first-order valence-electron chi connectivity index (χ1n) is 4.03. The number of aliphatic hydroxyl groups is 2. The minimum atomic E-state index is -2.54. The molecular weight excluding hydrogens is 229 g/mol. The van der Waals surface area contributed by atoms with Crippen LogP contribution in [-0.4, -0.2) is 62.0 Å².